The average Bonchev–Trinajstić information content (AvgIpc) is 3.02. The van der Waals surface area contributed by atoms with E-state index in [9.17, 15) is 4.79 Å². The van der Waals surface area contributed by atoms with Gasteiger partial charge in [0.15, 0.2) is 5.96 Å². The Bertz CT molecular complexity index is 503. The van der Waals surface area contributed by atoms with Crippen LogP contribution in [0.3, 0.4) is 0 Å². The predicted molar refractivity (Wildman–Crippen MR) is 119 cm³/mol. The number of guanidine groups is 1. The number of aliphatic imine (C=N–C) groups is 1. The van der Waals surface area contributed by atoms with Crippen molar-refractivity contribution in [3.8, 4) is 0 Å². The lowest BCUT2D eigenvalue weighted by atomic mass is 10.0. The highest BCUT2D eigenvalue weighted by Gasteiger charge is 2.09. The summed E-state index contributed by atoms with van der Waals surface area (Å²) in [5, 5.41) is 8.81. The maximum atomic E-state index is 11.8. The van der Waals surface area contributed by atoms with Gasteiger partial charge in [-0.2, -0.15) is 0 Å². The summed E-state index contributed by atoms with van der Waals surface area (Å²) in [6.07, 6.45) is 3.53. The van der Waals surface area contributed by atoms with Gasteiger partial charge in [0.25, 0.3) is 0 Å². The van der Waals surface area contributed by atoms with Crippen molar-refractivity contribution >= 4 is 47.2 Å². The highest BCUT2D eigenvalue weighted by molar-refractivity contribution is 14.0. The topological polar surface area (TPSA) is 56.7 Å². The Morgan fingerprint density at radius 2 is 2.00 bits per heavy atom. The molecule has 1 amide bonds. The number of nitrogens with one attached hydrogen (secondary N) is 2. The molecule has 1 aromatic rings. The molecule has 0 saturated carbocycles. The van der Waals surface area contributed by atoms with Gasteiger partial charge in [-0.1, -0.05) is 32.8 Å². The highest BCUT2D eigenvalue weighted by atomic mass is 127. The van der Waals surface area contributed by atoms with Gasteiger partial charge in [-0.05, 0) is 30.7 Å². The smallest absolute Gasteiger partial charge is 0.243 e. The number of carbonyl (C=O) groups is 1. The Morgan fingerprint density at radius 3 is 2.56 bits per heavy atom. The number of thiophene rings is 1. The molecule has 7 heteroatoms. The zero-order chi connectivity index (χ0) is 17.9. The summed E-state index contributed by atoms with van der Waals surface area (Å²) < 4.78 is 0. The molecule has 0 aliphatic carbocycles. The summed E-state index contributed by atoms with van der Waals surface area (Å²) in [4.78, 5) is 19.0. The molecule has 0 saturated heterocycles. The Kier molecular flexibility index (Phi) is 12.9. The van der Waals surface area contributed by atoms with Crippen molar-refractivity contribution in [3.05, 3.63) is 22.4 Å². The fourth-order valence-corrected chi connectivity index (χ4v) is 2.81. The maximum Gasteiger partial charge on any atom is 0.243 e. The molecule has 144 valence electrons. The molecular formula is C18H33IN4OS. The minimum absolute atomic E-state index is 0. The average molecular weight is 480 g/mol. The van der Waals surface area contributed by atoms with Crippen molar-refractivity contribution in [2.75, 3.05) is 20.6 Å². The van der Waals surface area contributed by atoms with Crippen molar-refractivity contribution in [2.24, 2.45) is 10.9 Å². The third-order valence-corrected chi connectivity index (χ3v) is 4.56. The van der Waals surface area contributed by atoms with Crippen molar-refractivity contribution in [3.63, 3.8) is 0 Å². The first-order valence-corrected chi connectivity index (χ1v) is 9.53. The van der Waals surface area contributed by atoms with Gasteiger partial charge < -0.3 is 15.5 Å². The second-order valence-corrected chi connectivity index (χ2v) is 7.79. The van der Waals surface area contributed by atoms with E-state index in [1.54, 1.807) is 30.3 Å². The highest BCUT2D eigenvalue weighted by Crippen LogP contribution is 2.09. The quantitative estimate of drug-likeness (QED) is 0.322. The minimum Gasteiger partial charge on any atom is -0.354 e. The number of halogens is 1. The molecule has 0 fully saturated rings. The van der Waals surface area contributed by atoms with Crippen LogP contribution in [-0.4, -0.2) is 43.4 Å². The van der Waals surface area contributed by atoms with Crippen LogP contribution in [0.2, 0.25) is 0 Å². The fourth-order valence-electron chi connectivity index (χ4n) is 2.16. The van der Waals surface area contributed by atoms with E-state index < -0.39 is 0 Å². The number of carbonyl (C=O) groups excluding carboxylic acids is 1. The van der Waals surface area contributed by atoms with E-state index in [0.717, 1.165) is 18.9 Å². The van der Waals surface area contributed by atoms with Crippen LogP contribution >= 0.6 is 35.3 Å². The molecule has 1 heterocycles. The van der Waals surface area contributed by atoms with Crippen LogP contribution in [0.15, 0.2) is 22.5 Å². The first-order valence-electron chi connectivity index (χ1n) is 8.66. The Labute approximate surface area is 173 Å². The van der Waals surface area contributed by atoms with E-state index in [1.807, 2.05) is 6.07 Å². The van der Waals surface area contributed by atoms with E-state index in [4.69, 9.17) is 0 Å². The molecule has 0 aromatic carbocycles. The number of hydrogen-bond donors (Lipinski definition) is 2. The van der Waals surface area contributed by atoms with Crippen molar-refractivity contribution in [1.82, 2.24) is 15.5 Å². The number of nitrogens with zero attached hydrogens (tertiary/aromatic N) is 2. The molecule has 1 rings (SSSR count). The van der Waals surface area contributed by atoms with Gasteiger partial charge >= 0.3 is 0 Å². The zero-order valence-corrected chi connectivity index (χ0v) is 19.2. The van der Waals surface area contributed by atoms with Gasteiger partial charge in [0.2, 0.25) is 5.91 Å². The molecule has 5 nitrogen and oxygen atoms in total. The summed E-state index contributed by atoms with van der Waals surface area (Å²) in [5.74, 6) is 1.44. The number of hydrogen-bond acceptors (Lipinski definition) is 3. The molecule has 0 radical (unpaired) electrons. The van der Waals surface area contributed by atoms with Crippen molar-refractivity contribution in [2.45, 2.75) is 52.6 Å². The second-order valence-electron chi connectivity index (χ2n) is 6.76. The summed E-state index contributed by atoms with van der Waals surface area (Å²) in [5.41, 5.74) is 0. The molecule has 2 N–H and O–H groups in total. The van der Waals surface area contributed by atoms with Crippen LogP contribution in [0.1, 0.15) is 44.9 Å². The molecule has 0 bridgehead atoms. The molecule has 1 atom stereocenters. The second kappa shape index (κ2) is 13.4. The lowest BCUT2D eigenvalue weighted by Crippen LogP contribution is -2.42. The third-order valence-electron chi connectivity index (χ3n) is 3.68. The summed E-state index contributed by atoms with van der Waals surface area (Å²) in [6.45, 7) is 7.54. The van der Waals surface area contributed by atoms with Crippen LogP contribution < -0.4 is 10.6 Å². The summed E-state index contributed by atoms with van der Waals surface area (Å²) in [6, 6.07) is 4.45. The van der Waals surface area contributed by atoms with Crippen molar-refractivity contribution < 1.29 is 4.79 Å². The van der Waals surface area contributed by atoms with Gasteiger partial charge in [0.1, 0.15) is 6.54 Å². The molecule has 25 heavy (non-hydrogen) atoms. The lowest BCUT2D eigenvalue weighted by molar-refractivity contribution is -0.127. The molecule has 0 aliphatic rings. The van der Waals surface area contributed by atoms with Gasteiger partial charge in [-0.15, -0.1) is 35.3 Å². The first-order chi connectivity index (χ1) is 11.4. The van der Waals surface area contributed by atoms with Crippen molar-refractivity contribution in [1.29, 1.82) is 0 Å². The van der Waals surface area contributed by atoms with Crippen LogP contribution in [0.5, 0.6) is 0 Å². The van der Waals surface area contributed by atoms with E-state index in [2.05, 4.69) is 47.8 Å². The van der Waals surface area contributed by atoms with E-state index >= 15 is 0 Å². The number of amides is 1. The van der Waals surface area contributed by atoms with Gasteiger partial charge in [0, 0.05) is 25.0 Å². The Balaban J connectivity index is 0.00000576. The lowest BCUT2D eigenvalue weighted by Gasteiger charge is -2.19. The van der Waals surface area contributed by atoms with Gasteiger partial charge in [-0.3, -0.25) is 4.79 Å². The monoisotopic (exact) mass is 480 g/mol. The molecular weight excluding hydrogens is 447 g/mol. The van der Waals surface area contributed by atoms with Crippen LogP contribution in [0.4, 0.5) is 0 Å². The van der Waals surface area contributed by atoms with Gasteiger partial charge in [-0.25, -0.2) is 4.99 Å². The summed E-state index contributed by atoms with van der Waals surface area (Å²) in [7, 11) is 3.50. The van der Waals surface area contributed by atoms with Crippen LogP contribution in [0, 0.1) is 5.92 Å². The number of rotatable bonds is 9. The molecule has 0 aliphatic heterocycles. The SMILES string of the molecule is CC(C)CCCC(C)NC(=NCC(=O)N(C)C)NCc1cccs1.I. The molecule has 1 aromatic heterocycles. The summed E-state index contributed by atoms with van der Waals surface area (Å²) >= 11 is 1.71. The van der Waals surface area contributed by atoms with E-state index in [1.165, 1.54) is 17.7 Å². The molecule has 0 spiro atoms. The van der Waals surface area contributed by atoms with Crippen LogP contribution in [-0.2, 0) is 11.3 Å². The maximum absolute atomic E-state index is 11.8. The van der Waals surface area contributed by atoms with Crippen LogP contribution in [0.25, 0.3) is 0 Å². The van der Waals surface area contributed by atoms with E-state index in [0.29, 0.717) is 12.0 Å². The number of likely N-dealkylation sites (N-methyl/N-ethyl adjacent to an activating group) is 1. The standard InChI is InChI=1S/C18H32N4OS.HI/c1-14(2)8-6-9-15(3)21-18(20-13-17(23)22(4)5)19-12-16-10-7-11-24-16;/h7,10-11,14-15H,6,8-9,12-13H2,1-5H3,(H2,19,20,21);1H. The zero-order valence-electron chi connectivity index (χ0n) is 16.0. The Morgan fingerprint density at radius 1 is 1.28 bits per heavy atom. The molecule has 1 unspecified atom stereocenters. The Hall–Kier alpha value is -0.830. The third kappa shape index (κ3) is 11.4. The van der Waals surface area contributed by atoms with Gasteiger partial charge in [0.05, 0.1) is 6.54 Å². The minimum atomic E-state index is -0.000292. The first kappa shape index (κ1) is 24.2. The van der Waals surface area contributed by atoms with E-state index in [-0.39, 0.29) is 36.4 Å². The normalized spacial score (nSPS) is 12.5. The predicted octanol–water partition coefficient (Wildman–Crippen LogP) is 3.70. The fraction of sp³-hybridized carbons (Fsp3) is 0.667. The largest absolute Gasteiger partial charge is 0.354 e.